The first-order valence-electron chi connectivity index (χ1n) is 24.0. The normalized spacial score (nSPS) is 13.2. The molecule has 2 unspecified atom stereocenters. The zero-order chi connectivity index (χ0) is 42.8. The number of carbonyl (C=O) groups is 3. The predicted octanol–water partition coefficient (Wildman–Crippen LogP) is 13.4. The van der Waals surface area contributed by atoms with Gasteiger partial charge in [-0.3, -0.25) is 9.59 Å². The van der Waals surface area contributed by atoms with Gasteiger partial charge in [0.2, 0.25) is 0 Å². The number of ether oxygens (including phenoxy) is 3. The number of allylic oxidation sites excluding steroid dienone is 6. The number of nitrogens with zero attached hydrogens (tertiary/aromatic N) is 1. The zero-order valence-corrected chi connectivity index (χ0v) is 38.5. The third kappa shape index (κ3) is 39.0. The third-order valence-electron chi connectivity index (χ3n) is 10.7. The van der Waals surface area contributed by atoms with Crippen molar-refractivity contribution >= 4 is 17.9 Å². The molecule has 0 aromatic heterocycles. The maximum atomic E-state index is 12.7. The van der Waals surface area contributed by atoms with Crippen LogP contribution in [0, 0.1) is 0 Å². The molecule has 0 aliphatic rings. The van der Waals surface area contributed by atoms with E-state index in [1.54, 1.807) is 0 Å². The fraction of sp³-hybridized carbons (Fsp3) is 0.820. The van der Waals surface area contributed by atoms with Gasteiger partial charge in [0, 0.05) is 19.3 Å². The summed E-state index contributed by atoms with van der Waals surface area (Å²) in [5, 5.41) is 9.63. The van der Waals surface area contributed by atoms with Gasteiger partial charge in [0.1, 0.15) is 6.61 Å². The van der Waals surface area contributed by atoms with Gasteiger partial charge in [-0.25, -0.2) is 4.79 Å². The number of hydrogen-bond donors (Lipinski definition) is 1. The summed E-state index contributed by atoms with van der Waals surface area (Å²) in [4.78, 5) is 37.0. The van der Waals surface area contributed by atoms with E-state index in [0.29, 0.717) is 19.3 Å². The summed E-state index contributed by atoms with van der Waals surface area (Å²) in [6, 6.07) is -0.617. The van der Waals surface area contributed by atoms with E-state index in [1.165, 1.54) is 109 Å². The lowest BCUT2D eigenvalue weighted by atomic mass is 10.1. The molecular weight excluding hydrogens is 727 g/mol. The summed E-state index contributed by atoms with van der Waals surface area (Å²) in [5.41, 5.74) is 0. The van der Waals surface area contributed by atoms with Gasteiger partial charge in [0.25, 0.3) is 0 Å². The highest BCUT2D eigenvalue weighted by molar-refractivity contribution is 5.72. The molecule has 0 aromatic rings. The lowest BCUT2D eigenvalue weighted by Crippen LogP contribution is -2.50. The quantitative estimate of drug-likeness (QED) is 0.0283. The van der Waals surface area contributed by atoms with Gasteiger partial charge in [-0.15, -0.1) is 0 Å². The van der Waals surface area contributed by atoms with Crippen molar-refractivity contribution < 1.29 is 38.2 Å². The van der Waals surface area contributed by atoms with Gasteiger partial charge in [0.15, 0.2) is 12.1 Å². The maximum Gasteiger partial charge on any atom is 0.362 e. The number of aliphatic carboxylic acids is 1. The minimum atomic E-state index is -0.877. The molecule has 2 atom stereocenters. The number of carbonyl (C=O) groups excluding carboxylic acids is 2. The second-order valence-corrected chi connectivity index (χ2v) is 17.4. The molecule has 1 N–H and O–H groups in total. The highest BCUT2D eigenvalue weighted by Crippen LogP contribution is 2.15. The molecule has 0 saturated carbocycles. The number of rotatable bonds is 43. The molecule has 0 aromatic carbocycles. The highest BCUT2D eigenvalue weighted by Gasteiger charge is 2.31. The molecular formula is C50H92NO7+. The SMILES string of the molecule is CCC/C=C\C/C=C\CCCCCCCC(=O)OC(COCCC(C(=O)O)[N+](C)(C)C)COC(=O)CCCCCCCCCCC/C=C\CCCCCCCCCC. The monoisotopic (exact) mass is 819 g/mol. The van der Waals surface area contributed by atoms with Crippen molar-refractivity contribution in [3.8, 4) is 0 Å². The van der Waals surface area contributed by atoms with Gasteiger partial charge in [-0.1, -0.05) is 166 Å². The lowest BCUT2D eigenvalue weighted by Gasteiger charge is -2.31. The van der Waals surface area contributed by atoms with Crippen molar-refractivity contribution in [1.82, 2.24) is 0 Å². The van der Waals surface area contributed by atoms with E-state index in [-0.39, 0.29) is 36.2 Å². The van der Waals surface area contributed by atoms with Gasteiger partial charge in [-0.2, -0.15) is 0 Å². The van der Waals surface area contributed by atoms with Gasteiger partial charge in [-0.05, 0) is 64.2 Å². The molecule has 338 valence electrons. The van der Waals surface area contributed by atoms with Crippen LogP contribution in [-0.4, -0.2) is 80.6 Å². The first-order valence-corrected chi connectivity index (χ1v) is 24.0. The summed E-state index contributed by atoms with van der Waals surface area (Å²) < 4.78 is 17.3. The van der Waals surface area contributed by atoms with Gasteiger partial charge in [0.05, 0.1) is 34.4 Å². The lowest BCUT2D eigenvalue weighted by molar-refractivity contribution is -0.887. The molecule has 8 heteroatoms. The second kappa shape index (κ2) is 41.3. The van der Waals surface area contributed by atoms with Crippen LogP contribution in [0.15, 0.2) is 36.5 Å². The smallest absolute Gasteiger partial charge is 0.362 e. The number of likely N-dealkylation sites (N-methyl/N-ethyl adjacent to an activating group) is 1. The number of quaternary nitrogens is 1. The molecule has 58 heavy (non-hydrogen) atoms. The Morgan fingerprint density at radius 1 is 0.517 bits per heavy atom. The summed E-state index contributed by atoms with van der Waals surface area (Å²) in [6.07, 6.45) is 47.6. The number of unbranched alkanes of at least 4 members (excludes halogenated alkanes) is 23. The van der Waals surface area contributed by atoms with Gasteiger partial charge < -0.3 is 23.8 Å². The number of hydrogen-bond acceptors (Lipinski definition) is 6. The molecule has 0 radical (unpaired) electrons. The van der Waals surface area contributed by atoms with Crippen molar-refractivity contribution in [3.05, 3.63) is 36.5 Å². The van der Waals surface area contributed by atoms with Crippen molar-refractivity contribution in [1.29, 1.82) is 0 Å². The van der Waals surface area contributed by atoms with Crippen LogP contribution in [0.25, 0.3) is 0 Å². The van der Waals surface area contributed by atoms with Crippen LogP contribution in [0.3, 0.4) is 0 Å². The maximum absolute atomic E-state index is 12.7. The zero-order valence-electron chi connectivity index (χ0n) is 38.5. The molecule has 0 amide bonds. The molecule has 0 rings (SSSR count). The molecule has 8 nitrogen and oxygen atoms in total. The molecule has 0 saturated heterocycles. The largest absolute Gasteiger partial charge is 0.477 e. The number of esters is 2. The molecule has 0 heterocycles. The first kappa shape index (κ1) is 55.5. The Morgan fingerprint density at radius 3 is 1.41 bits per heavy atom. The molecule has 0 aliphatic carbocycles. The Hall–Kier alpha value is -2.45. The van der Waals surface area contributed by atoms with Crippen LogP contribution in [0.2, 0.25) is 0 Å². The minimum Gasteiger partial charge on any atom is -0.477 e. The average molecular weight is 819 g/mol. The fourth-order valence-electron chi connectivity index (χ4n) is 7.01. The fourth-order valence-corrected chi connectivity index (χ4v) is 7.01. The van der Waals surface area contributed by atoms with Crippen LogP contribution in [0.4, 0.5) is 0 Å². The van der Waals surface area contributed by atoms with Crippen LogP contribution in [0.5, 0.6) is 0 Å². The van der Waals surface area contributed by atoms with Crippen molar-refractivity contribution in [2.45, 2.75) is 225 Å². The highest BCUT2D eigenvalue weighted by atomic mass is 16.6. The van der Waals surface area contributed by atoms with E-state index in [1.807, 2.05) is 21.1 Å². The van der Waals surface area contributed by atoms with Crippen LogP contribution in [-0.2, 0) is 28.6 Å². The molecule has 0 aliphatic heterocycles. The Morgan fingerprint density at radius 2 is 0.948 bits per heavy atom. The third-order valence-corrected chi connectivity index (χ3v) is 10.7. The van der Waals surface area contributed by atoms with Crippen LogP contribution >= 0.6 is 0 Å². The standard InChI is InChI=1S/C50H91NO7/c1-6-8-10-12-14-16-18-20-21-22-23-24-25-26-27-29-30-32-34-36-38-40-48(52)57-45-46(44-56-43-42-47(50(54)55)51(3,4)5)58-49(53)41-39-37-35-33-31-28-19-17-15-13-11-9-7-2/h11,13,17,19,22-23,46-47H,6-10,12,14-16,18,20-21,24-45H2,1-5H3/p+1/b13-11-,19-17-,23-22-. The summed E-state index contributed by atoms with van der Waals surface area (Å²) >= 11 is 0. The molecule has 0 fully saturated rings. The molecule has 0 bridgehead atoms. The summed E-state index contributed by atoms with van der Waals surface area (Å²) in [7, 11) is 5.52. The minimum absolute atomic E-state index is 0.0560. The van der Waals surface area contributed by atoms with E-state index < -0.39 is 18.1 Å². The van der Waals surface area contributed by atoms with Crippen molar-refractivity contribution in [3.63, 3.8) is 0 Å². The number of carboxylic acid groups (broad SMARTS) is 1. The van der Waals surface area contributed by atoms with Crippen LogP contribution < -0.4 is 0 Å². The van der Waals surface area contributed by atoms with Crippen molar-refractivity contribution in [2.75, 3.05) is 41.0 Å². The first-order chi connectivity index (χ1) is 28.1. The Kier molecular flexibility index (Phi) is 39.5. The van der Waals surface area contributed by atoms with Crippen molar-refractivity contribution in [2.24, 2.45) is 0 Å². The van der Waals surface area contributed by atoms with E-state index in [2.05, 4.69) is 50.3 Å². The summed E-state index contributed by atoms with van der Waals surface area (Å²) in [5.74, 6) is -1.48. The van der Waals surface area contributed by atoms with Crippen LogP contribution in [0.1, 0.15) is 213 Å². The van der Waals surface area contributed by atoms with E-state index in [0.717, 1.165) is 70.6 Å². The Bertz CT molecular complexity index is 1050. The second-order valence-electron chi connectivity index (χ2n) is 17.4. The predicted molar refractivity (Wildman–Crippen MR) is 243 cm³/mol. The summed E-state index contributed by atoms with van der Waals surface area (Å²) in [6.45, 7) is 4.67. The topological polar surface area (TPSA) is 99.1 Å². The molecule has 0 spiro atoms. The van der Waals surface area contributed by atoms with E-state index >= 15 is 0 Å². The Balaban J connectivity index is 4.24. The number of carboxylic acids is 1. The van der Waals surface area contributed by atoms with E-state index in [4.69, 9.17) is 14.2 Å². The van der Waals surface area contributed by atoms with E-state index in [9.17, 15) is 19.5 Å². The Labute approximate surface area is 357 Å². The average Bonchev–Trinajstić information content (AvgIpc) is 3.18. The van der Waals surface area contributed by atoms with Gasteiger partial charge >= 0.3 is 17.9 Å².